The second kappa shape index (κ2) is 5.92. The zero-order valence-corrected chi connectivity index (χ0v) is 10.0. The van der Waals surface area contributed by atoms with E-state index in [2.05, 4.69) is 9.46 Å². The van der Waals surface area contributed by atoms with Crippen LogP contribution in [0.15, 0.2) is 24.3 Å². The predicted molar refractivity (Wildman–Crippen MR) is 59.6 cm³/mol. The van der Waals surface area contributed by atoms with Crippen LogP contribution in [-0.4, -0.2) is 27.8 Å². The van der Waals surface area contributed by atoms with Gasteiger partial charge >= 0.3 is 6.61 Å². The Morgan fingerprint density at radius 1 is 1.29 bits per heavy atom. The Balaban J connectivity index is 2.46. The summed E-state index contributed by atoms with van der Waals surface area (Å²) in [4.78, 5) is 0. The van der Waals surface area contributed by atoms with Gasteiger partial charge in [-0.2, -0.15) is 8.78 Å². The SMILES string of the molecule is CS(=O)(=O)NCCc1ccc(OC(F)F)cc1. The number of benzene rings is 1. The number of hydrogen-bond donors (Lipinski definition) is 1. The second-order valence-corrected chi connectivity index (χ2v) is 5.27. The maximum Gasteiger partial charge on any atom is 0.387 e. The molecule has 1 rings (SSSR count). The van der Waals surface area contributed by atoms with Gasteiger partial charge in [-0.25, -0.2) is 13.1 Å². The van der Waals surface area contributed by atoms with E-state index >= 15 is 0 Å². The number of halogens is 2. The molecule has 0 aliphatic rings. The summed E-state index contributed by atoms with van der Waals surface area (Å²) in [6, 6.07) is 6.06. The van der Waals surface area contributed by atoms with Crippen molar-refractivity contribution in [1.82, 2.24) is 4.72 Å². The molecule has 17 heavy (non-hydrogen) atoms. The third-order valence-electron chi connectivity index (χ3n) is 1.93. The minimum atomic E-state index is -3.19. The van der Waals surface area contributed by atoms with Gasteiger partial charge in [0.05, 0.1) is 6.26 Å². The Morgan fingerprint density at radius 2 is 1.88 bits per heavy atom. The van der Waals surface area contributed by atoms with Crippen LogP contribution in [0.5, 0.6) is 5.75 Å². The molecule has 0 aliphatic carbocycles. The Morgan fingerprint density at radius 3 is 2.35 bits per heavy atom. The smallest absolute Gasteiger partial charge is 0.387 e. The fraction of sp³-hybridized carbons (Fsp3) is 0.400. The summed E-state index contributed by atoms with van der Waals surface area (Å²) in [5.41, 5.74) is 0.836. The molecule has 1 aromatic carbocycles. The van der Waals surface area contributed by atoms with Crippen molar-refractivity contribution in [3.05, 3.63) is 29.8 Å². The molecule has 0 fully saturated rings. The number of hydrogen-bond acceptors (Lipinski definition) is 3. The zero-order valence-electron chi connectivity index (χ0n) is 9.19. The summed E-state index contributed by atoms with van der Waals surface area (Å²) in [6.07, 6.45) is 1.56. The molecule has 7 heteroatoms. The third kappa shape index (κ3) is 6.18. The molecule has 1 N–H and O–H groups in total. The molecule has 0 amide bonds. The highest BCUT2D eigenvalue weighted by atomic mass is 32.2. The van der Waals surface area contributed by atoms with Gasteiger partial charge in [-0.1, -0.05) is 12.1 Å². The van der Waals surface area contributed by atoms with Gasteiger partial charge in [0.15, 0.2) is 0 Å². The van der Waals surface area contributed by atoms with Crippen LogP contribution >= 0.6 is 0 Å². The van der Waals surface area contributed by atoms with Crippen LogP contribution in [-0.2, 0) is 16.4 Å². The molecule has 0 saturated carbocycles. The molecular weight excluding hydrogens is 252 g/mol. The molecule has 0 atom stereocenters. The first-order valence-electron chi connectivity index (χ1n) is 4.85. The minimum absolute atomic E-state index is 0.0832. The highest BCUT2D eigenvalue weighted by Gasteiger charge is 2.04. The monoisotopic (exact) mass is 265 g/mol. The van der Waals surface area contributed by atoms with Crippen LogP contribution in [0.25, 0.3) is 0 Å². The van der Waals surface area contributed by atoms with E-state index in [4.69, 9.17) is 0 Å². The summed E-state index contributed by atoms with van der Waals surface area (Å²) in [7, 11) is -3.19. The molecule has 96 valence electrons. The van der Waals surface area contributed by atoms with Gasteiger partial charge in [-0.15, -0.1) is 0 Å². The van der Waals surface area contributed by atoms with Crippen molar-refractivity contribution in [1.29, 1.82) is 0 Å². The first-order chi connectivity index (χ1) is 7.87. The average molecular weight is 265 g/mol. The van der Waals surface area contributed by atoms with E-state index in [1.807, 2.05) is 0 Å². The van der Waals surface area contributed by atoms with Gasteiger partial charge < -0.3 is 4.74 Å². The van der Waals surface area contributed by atoms with Crippen LogP contribution in [0.3, 0.4) is 0 Å². The highest BCUT2D eigenvalue weighted by molar-refractivity contribution is 7.88. The van der Waals surface area contributed by atoms with Crippen molar-refractivity contribution in [3.8, 4) is 5.75 Å². The normalized spacial score (nSPS) is 11.8. The van der Waals surface area contributed by atoms with E-state index in [1.165, 1.54) is 12.1 Å². The number of ether oxygens (including phenoxy) is 1. The van der Waals surface area contributed by atoms with Crippen LogP contribution in [0, 0.1) is 0 Å². The van der Waals surface area contributed by atoms with Crippen LogP contribution in [0.4, 0.5) is 8.78 Å². The van der Waals surface area contributed by atoms with E-state index in [9.17, 15) is 17.2 Å². The topological polar surface area (TPSA) is 55.4 Å². The lowest BCUT2D eigenvalue weighted by Crippen LogP contribution is -2.24. The minimum Gasteiger partial charge on any atom is -0.435 e. The predicted octanol–water partition coefficient (Wildman–Crippen LogP) is 1.38. The molecule has 0 spiro atoms. The van der Waals surface area contributed by atoms with Crippen molar-refractivity contribution in [2.75, 3.05) is 12.8 Å². The Bertz CT molecular complexity index is 445. The summed E-state index contributed by atoms with van der Waals surface area (Å²) >= 11 is 0. The highest BCUT2D eigenvalue weighted by Crippen LogP contribution is 2.14. The Hall–Kier alpha value is -1.21. The van der Waals surface area contributed by atoms with Gasteiger partial charge in [-0.3, -0.25) is 0 Å². The van der Waals surface area contributed by atoms with Gasteiger partial charge in [0, 0.05) is 6.54 Å². The lowest BCUT2D eigenvalue weighted by Gasteiger charge is -2.06. The van der Waals surface area contributed by atoms with Crippen LogP contribution < -0.4 is 9.46 Å². The quantitative estimate of drug-likeness (QED) is 0.845. The van der Waals surface area contributed by atoms with Gasteiger partial charge in [0.25, 0.3) is 0 Å². The largest absolute Gasteiger partial charge is 0.435 e. The van der Waals surface area contributed by atoms with Crippen molar-refractivity contribution < 1.29 is 21.9 Å². The summed E-state index contributed by atoms with van der Waals surface area (Å²) in [5, 5.41) is 0. The molecule has 0 unspecified atom stereocenters. The van der Waals surface area contributed by atoms with Gasteiger partial charge in [0.1, 0.15) is 5.75 Å². The van der Waals surface area contributed by atoms with E-state index in [0.717, 1.165) is 11.8 Å². The first kappa shape index (κ1) is 13.9. The molecule has 0 heterocycles. The van der Waals surface area contributed by atoms with E-state index in [0.29, 0.717) is 6.42 Å². The number of alkyl halides is 2. The van der Waals surface area contributed by atoms with Crippen LogP contribution in [0.2, 0.25) is 0 Å². The molecule has 0 radical (unpaired) electrons. The number of rotatable bonds is 6. The van der Waals surface area contributed by atoms with Crippen molar-refractivity contribution in [2.24, 2.45) is 0 Å². The van der Waals surface area contributed by atoms with Gasteiger partial charge in [0.2, 0.25) is 10.0 Å². The maximum absolute atomic E-state index is 11.9. The Labute approximate surface area is 98.6 Å². The maximum atomic E-state index is 11.9. The summed E-state index contributed by atoms with van der Waals surface area (Å²) < 4.78 is 51.8. The van der Waals surface area contributed by atoms with E-state index in [1.54, 1.807) is 12.1 Å². The second-order valence-electron chi connectivity index (χ2n) is 3.44. The van der Waals surface area contributed by atoms with Gasteiger partial charge in [-0.05, 0) is 24.1 Å². The number of sulfonamides is 1. The summed E-state index contributed by atoms with van der Waals surface area (Å²) in [6.45, 7) is -2.57. The Kier molecular flexibility index (Phi) is 4.83. The standard InChI is InChI=1S/C10H13F2NO3S/c1-17(14,15)13-7-6-8-2-4-9(5-3-8)16-10(11)12/h2-5,10,13H,6-7H2,1H3. The average Bonchev–Trinajstić information content (AvgIpc) is 2.18. The van der Waals surface area contributed by atoms with E-state index in [-0.39, 0.29) is 12.3 Å². The van der Waals surface area contributed by atoms with Crippen LogP contribution in [0.1, 0.15) is 5.56 Å². The molecule has 0 bridgehead atoms. The zero-order chi connectivity index (χ0) is 12.9. The van der Waals surface area contributed by atoms with Crippen molar-refractivity contribution >= 4 is 10.0 Å². The van der Waals surface area contributed by atoms with Crippen molar-refractivity contribution in [3.63, 3.8) is 0 Å². The molecule has 4 nitrogen and oxygen atoms in total. The molecule has 0 aromatic heterocycles. The summed E-state index contributed by atoms with van der Waals surface area (Å²) in [5.74, 6) is 0.0832. The van der Waals surface area contributed by atoms with Crippen molar-refractivity contribution in [2.45, 2.75) is 13.0 Å². The molecular formula is C10H13F2NO3S. The number of nitrogens with one attached hydrogen (secondary N) is 1. The lowest BCUT2D eigenvalue weighted by atomic mass is 10.1. The fourth-order valence-electron chi connectivity index (χ4n) is 1.22. The molecule has 0 aliphatic heterocycles. The fourth-order valence-corrected chi connectivity index (χ4v) is 1.69. The lowest BCUT2D eigenvalue weighted by molar-refractivity contribution is -0.0498. The first-order valence-corrected chi connectivity index (χ1v) is 6.74. The van der Waals surface area contributed by atoms with E-state index < -0.39 is 16.6 Å². The third-order valence-corrected chi connectivity index (χ3v) is 2.65. The molecule has 1 aromatic rings. The molecule has 0 saturated heterocycles.